The van der Waals surface area contributed by atoms with Gasteiger partial charge in [-0.2, -0.15) is 0 Å². The van der Waals surface area contributed by atoms with Crippen LogP contribution < -0.4 is 5.73 Å². The Bertz CT molecular complexity index is 774. The van der Waals surface area contributed by atoms with E-state index in [0.717, 1.165) is 5.52 Å². The third-order valence-electron chi connectivity index (χ3n) is 4.30. The van der Waals surface area contributed by atoms with E-state index in [2.05, 4.69) is 32.7 Å². The second-order valence-electron chi connectivity index (χ2n) is 6.60. The Kier molecular flexibility index (Phi) is 3.78. The summed E-state index contributed by atoms with van der Waals surface area (Å²) in [5, 5.41) is 0. The Morgan fingerprint density at radius 3 is 2.48 bits per heavy atom. The highest BCUT2D eigenvalue weighted by Crippen LogP contribution is 2.32. The van der Waals surface area contributed by atoms with Crippen molar-refractivity contribution in [2.45, 2.75) is 39.1 Å². The third kappa shape index (κ3) is 2.90. The molecule has 2 aromatic rings. The smallest absolute Gasteiger partial charge is 0.201 e. The number of para-hydroxylation sites is 1. The van der Waals surface area contributed by atoms with Crippen LogP contribution in [0.1, 0.15) is 27.7 Å². The number of benzene rings is 1. The van der Waals surface area contributed by atoms with Gasteiger partial charge in [-0.05, 0) is 23.5 Å². The molecule has 1 aromatic carbocycles. The van der Waals surface area contributed by atoms with Gasteiger partial charge in [-0.1, -0.05) is 33.8 Å². The SMILES string of the molecule is CC(C)C(C)(C)Cn1c(N)nc2c(S(C)(=O)=O)cccc21. The van der Waals surface area contributed by atoms with Crippen LogP contribution in [0.15, 0.2) is 23.1 Å². The number of aromatic nitrogens is 2. The van der Waals surface area contributed by atoms with Crippen LogP contribution in [0.2, 0.25) is 0 Å². The quantitative estimate of drug-likeness (QED) is 0.942. The summed E-state index contributed by atoms with van der Waals surface area (Å²) in [4.78, 5) is 4.51. The fraction of sp³-hybridized carbons (Fsp3) is 0.533. The molecule has 0 aliphatic heterocycles. The van der Waals surface area contributed by atoms with Crippen LogP contribution in [0.4, 0.5) is 5.95 Å². The van der Waals surface area contributed by atoms with Gasteiger partial charge in [0.05, 0.1) is 10.4 Å². The molecule has 0 radical (unpaired) electrons. The summed E-state index contributed by atoms with van der Waals surface area (Å²) in [7, 11) is -3.32. The van der Waals surface area contributed by atoms with Crippen LogP contribution in [0.25, 0.3) is 11.0 Å². The van der Waals surface area contributed by atoms with E-state index in [1.807, 2.05) is 10.6 Å². The van der Waals surface area contributed by atoms with Crippen molar-refractivity contribution < 1.29 is 8.42 Å². The van der Waals surface area contributed by atoms with Crippen LogP contribution in [0, 0.1) is 11.3 Å². The molecule has 0 unspecified atom stereocenters. The van der Waals surface area contributed by atoms with Gasteiger partial charge < -0.3 is 10.3 Å². The molecule has 6 heteroatoms. The predicted molar refractivity (Wildman–Crippen MR) is 85.9 cm³/mol. The summed E-state index contributed by atoms with van der Waals surface area (Å²) >= 11 is 0. The molecule has 0 saturated heterocycles. The molecule has 116 valence electrons. The Balaban J connectivity index is 2.65. The lowest BCUT2D eigenvalue weighted by Crippen LogP contribution is -2.26. The highest BCUT2D eigenvalue weighted by atomic mass is 32.2. The molecule has 0 saturated carbocycles. The molecular formula is C15H23N3O2S. The number of hydrogen-bond donors (Lipinski definition) is 1. The first-order valence-corrected chi connectivity index (χ1v) is 8.88. The zero-order valence-corrected chi connectivity index (χ0v) is 14.0. The third-order valence-corrected chi connectivity index (χ3v) is 5.43. The largest absolute Gasteiger partial charge is 0.369 e. The van der Waals surface area contributed by atoms with Crippen LogP contribution in [0.3, 0.4) is 0 Å². The summed E-state index contributed by atoms with van der Waals surface area (Å²) in [5.74, 6) is 0.822. The molecule has 0 fully saturated rings. The van der Waals surface area contributed by atoms with Crippen LogP contribution in [0.5, 0.6) is 0 Å². The fourth-order valence-electron chi connectivity index (χ4n) is 2.19. The van der Waals surface area contributed by atoms with Crippen molar-refractivity contribution in [2.75, 3.05) is 12.0 Å². The van der Waals surface area contributed by atoms with Gasteiger partial charge in [-0.3, -0.25) is 0 Å². The van der Waals surface area contributed by atoms with Crippen LogP contribution in [-0.4, -0.2) is 24.2 Å². The van der Waals surface area contributed by atoms with Crippen molar-refractivity contribution >= 4 is 26.8 Å². The Labute approximate surface area is 126 Å². The number of rotatable bonds is 4. The Morgan fingerprint density at radius 2 is 1.95 bits per heavy atom. The second-order valence-corrected chi connectivity index (χ2v) is 8.58. The summed E-state index contributed by atoms with van der Waals surface area (Å²) in [5.41, 5.74) is 7.28. The lowest BCUT2D eigenvalue weighted by Gasteiger charge is -2.30. The highest BCUT2D eigenvalue weighted by Gasteiger charge is 2.26. The standard InChI is InChI=1S/C15H23N3O2S/c1-10(2)15(3,4)9-18-11-7-6-8-12(21(5,19)20)13(11)17-14(18)16/h6-8,10H,9H2,1-5H3,(H2,16,17). The molecule has 0 aliphatic carbocycles. The van der Waals surface area contributed by atoms with Crippen molar-refractivity contribution in [3.05, 3.63) is 18.2 Å². The number of nitrogen functional groups attached to an aromatic ring is 1. The maximum Gasteiger partial charge on any atom is 0.201 e. The molecule has 2 rings (SSSR count). The lowest BCUT2D eigenvalue weighted by atomic mass is 9.81. The van der Waals surface area contributed by atoms with E-state index in [-0.39, 0.29) is 10.3 Å². The van der Waals surface area contributed by atoms with Crippen molar-refractivity contribution in [3.63, 3.8) is 0 Å². The normalized spacial score (nSPS) is 13.2. The van der Waals surface area contributed by atoms with Gasteiger partial charge in [-0.15, -0.1) is 0 Å². The van der Waals surface area contributed by atoms with E-state index >= 15 is 0 Å². The molecule has 0 aliphatic rings. The lowest BCUT2D eigenvalue weighted by molar-refractivity contribution is 0.214. The zero-order valence-electron chi connectivity index (χ0n) is 13.2. The van der Waals surface area contributed by atoms with Gasteiger partial charge in [0.15, 0.2) is 9.84 Å². The van der Waals surface area contributed by atoms with E-state index in [1.165, 1.54) is 6.26 Å². The van der Waals surface area contributed by atoms with Gasteiger partial charge >= 0.3 is 0 Å². The maximum atomic E-state index is 11.9. The predicted octanol–water partition coefficient (Wildman–Crippen LogP) is 2.70. The van der Waals surface area contributed by atoms with Gasteiger partial charge in [-0.25, -0.2) is 13.4 Å². The first-order valence-electron chi connectivity index (χ1n) is 6.99. The minimum atomic E-state index is -3.32. The van der Waals surface area contributed by atoms with Gasteiger partial charge in [0.25, 0.3) is 0 Å². The first kappa shape index (κ1) is 15.8. The van der Waals surface area contributed by atoms with Crippen LogP contribution in [-0.2, 0) is 16.4 Å². The summed E-state index contributed by atoms with van der Waals surface area (Å²) < 4.78 is 25.6. The molecule has 21 heavy (non-hydrogen) atoms. The molecule has 0 spiro atoms. The van der Waals surface area contributed by atoms with Crippen molar-refractivity contribution in [1.82, 2.24) is 9.55 Å². The second kappa shape index (κ2) is 5.02. The van der Waals surface area contributed by atoms with Gasteiger partial charge in [0, 0.05) is 12.8 Å². The molecule has 0 amide bonds. The van der Waals surface area contributed by atoms with Gasteiger partial charge in [0.1, 0.15) is 5.52 Å². The number of nitrogens with two attached hydrogens (primary N) is 1. The van der Waals surface area contributed by atoms with Crippen molar-refractivity contribution in [1.29, 1.82) is 0 Å². The van der Waals surface area contributed by atoms with E-state index in [0.29, 0.717) is 23.9 Å². The molecule has 1 aromatic heterocycles. The minimum Gasteiger partial charge on any atom is -0.369 e. The van der Waals surface area contributed by atoms with E-state index in [1.54, 1.807) is 12.1 Å². The van der Waals surface area contributed by atoms with E-state index < -0.39 is 9.84 Å². The monoisotopic (exact) mass is 309 g/mol. The minimum absolute atomic E-state index is 0.0306. The molecule has 0 atom stereocenters. The van der Waals surface area contributed by atoms with Crippen molar-refractivity contribution in [2.24, 2.45) is 11.3 Å². The molecule has 0 bridgehead atoms. The molecular weight excluding hydrogens is 286 g/mol. The van der Waals surface area contributed by atoms with E-state index in [9.17, 15) is 8.42 Å². The van der Waals surface area contributed by atoms with Gasteiger partial charge in [0.2, 0.25) is 5.95 Å². The highest BCUT2D eigenvalue weighted by molar-refractivity contribution is 7.91. The summed E-state index contributed by atoms with van der Waals surface area (Å²) in [6, 6.07) is 5.17. The number of imidazole rings is 1. The number of sulfone groups is 1. The van der Waals surface area contributed by atoms with E-state index in [4.69, 9.17) is 5.73 Å². The Hall–Kier alpha value is -1.56. The summed E-state index contributed by atoms with van der Waals surface area (Å²) in [6.07, 6.45) is 1.19. The fourth-order valence-corrected chi connectivity index (χ4v) is 3.02. The number of nitrogens with zero attached hydrogens (tertiary/aromatic N) is 2. The maximum absolute atomic E-state index is 11.9. The average molecular weight is 309 g/mol. The summed E-state index contributed by atoms with van der Waals surface area (Å²) in [6.45, 7) is 9.36. The molecule has 1 heterocycles. The topological polar surface area (TPSA) is 78.0 Å². The number of fused-ring (bicyclic) bond motifs is 1. The van der Waals surface area contributed by atoms with Crippen molar-refractivity contribution in [3.8, 4) is 0 Å². The first-order chi connectivity index (χ1) is 9.54. The Morgan fingerprint density at radius 1 is 1.33 bits per heavy atom. The number of anilines is 1. The molecule has 5 nitrogen and oxygen atoms in total. The average Bonchev–Trinajstić information content (AvgIpc) is 2.64. The number of hydrogen-bond acceptors (Lipinski definition) is 4. The van der Waals surface area contributed by atoms with Crippen LogP contribution >= 0.6 is 0 Å². The molecule has 2 N–H and O–H groups in total. The zero-order chi connectivity index (χ0) is 16.0.